The summed E-state index contributed by atoms with van der Waals surface area (Å²) >= 11 is 5.23. The number of halogens is 2. The van der Waals surface area contributed by atoms with E-state index >= 15 is 0 Å². The molecule has 0 spiro atoms. The maximum atomic E-state index is 5.31. The van der Waals surface area contributed by atoms with Gasteiger partial charge < -0.3 is 15.4 Å². The van der Waals surface area contributed by atoms with Crippen LogP contribution in [0, 0.1) is 5.41 Å². The molecule has 0 unspecified atom stereocenters. The summed E-state index contributed by atoms with van der Waals surface area (Å²) in [5.41, 5.74) is 0.373. The number of aliphatic imine (C=N–C) groups is 1. The first-order valence-corrected chi connectivity index (χ1v) is 10.1. The second kappa shape index (κ2) is 11.7. The summed E-state index contributed by atoms with van der Waals surface area (Å²) in [5.74, 6) is 0.917. The molecule has 0 bridgehead atoms. The number of guanidine groups is 1. The zero-order chi connectivity index (χ0) is 16.5. The Morgan fingerprint density at radius 2 is 2.12 bits per heavy atom. The second-order valence-electron chi connectivity index (χ2n) is 6.23. The van der Waals surface area contributed by atoms with Crippen LogP contribution in [0.2, 0.25) is 0 Å². The maximum absolute atomic E-state index is 5.31. The minimum atomic E-state index is 0. The molecule has 0 aromatic carbocycles. The molecule has 1 aliphatic rings. The van der Waals surface area contributed by atoms with Gasteiger partial charge in [-0.3, -0.25) is 0 Å². The summed E-state index contributed by atoms with van der Waals surface area (Å²) in [4.78, 5) is 5.99. The van der Waals surface area contributed by atoms with Gasteiger partial charge in [0, 0.05) is 41.5 Å². The third-order valence-electron chi connectivity index (χ3n) is 4.49. The molecule has 1 aromatic heterocycles. The topological polar surface area (TPSA) is 45.7 Å². The molecule has 2 rings (SSSR count). The standard InChI is InChI=1S/C17H28BrN3OS.HI/c1-3-19-16(20-11-15-10-14(18)12-23-15)21-13-17(8-9-22-2)6-4-5-7-17;/h10,12H,3-9,11,13H2,1-2H3,(H2,19,20,21);1H. The average molecular weight is 530 g/mol. The SMILES string of the molecule is CCNC(=NCc1cc(Br)cs1)NCC1(CCOC)CCCC1.I. The molecular formula is C17H29BrIN3OS. The van der Waals surface area contributed by atoms with Gasteiger partial charge in [-0.15, -0.1) is 35.3 Å². The third-order valence-corrected chi connectivity index (χ3v) is 6.17. The Kier molecular flexibility index (Phi) is 10.8. The molecular weight excluding hydrogens is 501 g/mol. The lowest BCUT2D eigenvalue weighted by molar-refractivity contribution is 0.138. The summed E-state index contributed by atoms with van der Waals surface area (Å²) in [6.45, 7) is 5.53. The number of nitrogens with zero attached hydrogens (tertiary/aromatic N) is 1. The Balaban J connectivity index is 0.00000288. The highest BCUT2D eigenvalue weighted by Gasteiger charge is 2.33. The van der Waals surface area contributed by atoms with E-state index in [1.54, 1.807) is 18.4 Å². The van der Waals surface area contributed by atoms with E-state index < -0.39 is 0 Å². The number of rotatable bonds is 8. The minimum absolute atomic E-state index is 0. The van der Waals surface area contributed by atoms with E-state index in [1.165, 1.54) is 30.6 Å². The summed E-state index contributed by atoms with van der Waals surface area (Å²) in [6.07, 6.45) is 6.39. The van der Waals surface area contributed by atoms with Crippen LogP contribution >= 0.6 is 51.2 Å². The number of methoxy groups -OCH3 is 1. The van der Waals surface area contributed by atoms with Gasteiger partial charge in [0.15, 0.2) is 5.96 Å². The Labute approximate surface area is 175 Å². The van der Waals surface area contributed by atoms with Crippen molar-refractivity contribution in [2.24, 2.45) is 10.4 Å². The van der Waals surface area contributed by atoms with Gasteiger partial charge in [-0.25, -0.2) is 4.99 Å². The monoisotopic (exact) mass is 529 g/mol. The zero-order valence-corrected chi connectivity index (χ0v) is 19.3. The second-order valence-corrected chi connectivity index (χ2v) is 8.14. The van der Waals surface area contributed by atoms with Crippen LogP contribution in [0.4, 0.5) is 0 Å². The fourth-order valence-corrected chi connectivity index (χ4v) is 4.54. The van der Waals surface area contributed by atoms with Crippen molar-refractivity contribution in [2.75, 3.05) is 26.8 Å². The summed E-state index contributed by atoms with van der Waals surface area (Å²) in [7, 11) is 1.79. The van der Waals surface area contributed by atoms with Crippen molar-refractivity contribution in [3.63, 3.8) is 0 Å². The highest BCUT2D eigenvalue weighted by molar-refractivity contribution is 14.0. The van der Waals surface area contributed by atoms with Crippen molar-refractivity contribution in [3.8, 4) is 0 Å². The van der Waals surface area contributed by atoms with E-state index in [0.717, 1.165) is 43.1 Å². The van der Waals surface area contributed by atoms with Gasteiger partial charge in [-0.05, 0) is 53.6 Å². The van der Waals surface area contributed by atoms with E-state index in [9.17, 15) is 0 Å². The van der Waals surface area contributed by atoms with Gasteiger partial charge in [-0.2, -0.15) is 0 Å². The first-order chi connectivity index (χ1) is 11.2. The molecule has 1 heterocycles. The lowest BCUT2D eigenvalue weighted by Crippen LogP contribution is -2.43. The number of ether oxygens (including phenoxy) is 1. The molecule has 1 aliphatic carbocycles. The van der Waals surface area contributed by atoms with Gasteiger partial charge in [0.2, 0.25) is 0 Å². The summed E-state index contributed by atoms with van der Waals surface area (Å²) in [5, 5.41) is 9.02. The molecule has 1 aromatic rings. The highest BCUT2D eigenvalue weighted by Crippen LogP contribution is 2.40. The number of hydrogen-bond acceptors (Lipinski definition) is 3. The smallest absolute Gasteiger partial charge is 0.191 e. The number of nitrogens with one attached hydrogen (secondary N) is 2. The lowest BCUT2D eigenvalue weighted by atomic mass is 9.83. The number of hydrogen-bond donors (Lipinski definition) is 2. The summed E-state index contributed by atoms with van der Waals surface area (Å²) < 4.78 is 6.45. The Morgan fingerprint density at radius 1 is 1.38 bits per heavy atom. The first kappa shape index (κ1) is 22.2. The highest BCUT2D eigenvalue weighted by atomic mass is 127. The molecule has 4 nitrogen and oxygen atoms in total. The van der Waals surface area contributed by atoms with Crippen LogP contribution in [0.25, 0.3) is 0 Å². The lowest BCUT2D eigenvalue weighted by Gasteiger charge is -2.30. The molecule has 138 valence electrons. The molecule has 24 heavy (non-hydrogen) atoms. The number of thiophene rings is 1. The normalized spacial score (nSPS) is 16.7. The van der Waals surface area contributed by atoms with Crippen LogP contribution in [0.3, 0.4) is 0 Å². The van der Waals surface area contributed by atoms with E-state index in [-0.39, 0.29) is 24.0 Å². The molecule has 1 fully saturated rings. The van der Waals surface area contributed by atoms with Crippen LogP contribution in [-0.2, 0) is 11.3 Å². The zero-order valence-electron chi connectivity index (χ0n) is 14.6. The fraction of sp³-hybridized carbons (Fsp3) is 0.706. The van der Waals surface area contributed by atoms with E-state index in [1.807, 2.05) is 0 Å². The Bertz CT molecular complexity index is 504. The molecule has 0 aliphatic heterocycles. The van der Waals surface area contributed by atoms with Crippen molar-refractivity contribution in [1.82, 2.24) is 10.6 Å². The fourth-order valence-electron chi connectivity index (χ4n) is 3.17. The van der Waals surface area contributed by atoms with Crippen molar-refractivity contribution in [2.45, 2.75) is 45.6 Å². The van der Waals surface area contributed by atoms with Gasteiger partial charge in [-0.1, -0.05) is 12.8 Å². The van der Waals surface area contributed by atoms with E-state index in [4.69, 9.17) is 9.73 Å². The van der Waals surface area contributed by atoms with Gasteiger partial charge in [0.1, 0.15) is 0 Å². The molecule has 0 radical (unpaired) electrons. The van der Waals surface area contributed by atoms with E-state index in [0.29, 0.717) is 5.41 Å². The van der Waals surface area contributed by atoms with E-state index in [2.05, 4.69) is 44.9 Å². The minimum Gasteiger partial charge on any atom is -0.385 e. The molecule has 0 atom stereocenters. The third kappa shape index (κ3) is 7.17. The van der Waals surface area contributed by atoms with Crippen molar-refractivity contribution >= 4 is 57.2 Å². The van der Waals surface area contributed by atoms with Gasteiger partial charge in [0.25, 0.3) is 0 Å². The molecule has 7 heteroatoms. The average Bonchev–Trinajstić information content (AvgIpc) is 3.18. The van der Waals surface area contributed by atoms with Crippen molar-refractivity contribution in [1.29, 1.82) is 0 Å². The predicted octanol–water partition coefficient (Wildman–Crippen LogP) is 4.78. The van der Waals surface area contributed by atoms with Crippen LogP contribution in [0.15, 0.2) is 20.9 Å². The molecule has 1 saturated carbocycles. The summed E-state index contributed by atoms with van der Waals surface area (Å²) in [6, 6.07) is 2.13. The van der Waals surface area contributed by atoms with Crippen LogP contribution in [-0.4, -0.2) is 32.8 Å². The van der Waals surface area contributed by atoms with Crippen molar-refractivity contribution in [3.05, 3.63) is 20.8 Å². The Hall–Kier alpha value is 0.140. The van der Waals surface area contributed by atoms with Crippen LogP contribution in [0.1, 0.15) is 43.9 Å². The van der Waals surface area contributed by atoms with Crippen molar-refractivity contribution < 1.29 is 4.74 Å². The van der Waals surface area contributed by atoms with Crippen LogP contribution in [0.5, 0.6) is 0 Å². The predicted molar refractivity (Wildman–Crippen MR) is 118 cm³/mol. The Morgan fingerprint density at radius 3 is 2.71 bits per heavy atom. The quantitative estimate of drug-likeness (QED) is 0.289. The first-order valence-electron chi connectivity index (χ1n) is 8.41. The molecule has 0 amide bonds. The largest absolute Gasteiger partial charge is 0.385 e. The molecule has 2 N–H and O–H groups in total. The van der Waals surface area contributed by atoms with Crippen LogP contribution < -0.4 is 10.6 Å². The molecule has 0 saturated heterocycles. The van der Waals surface area contributed by atoms with Gasteiger partial charge in [0.05, 0.1) is 6.54 Å². The van der Waals surface area contributed by atoms with Gasteiger partial charge >= 0.3 is 0 Å². The maximum Gasteiger partial charge on any atom is 0.191 e.